The molecule has 0 saturated heterocycles. The van der Waals surface area contributed by atoms with Gasteiger partial charge in [0.25, 0.3) is 0 Å². The summed E-state index contributed by atoms with van der Waals surface area (Å²) in [5, 5.41) is 0. The maximum Gasteiger partial charge on any atom is -0.0308 e. The molecule has 0 aromatic rings. The van der Waals surface area contributed by atoms with Crippen LogP contribution in [0.1, 0.15) is 88.0 Å². The van der Waals surface area contributed by atoms with Crippen LogP contribution >= 0.6 is 0 Å². The molecule has 0 aliphatic rings. The van der Waals surface area contributed by atoms with E-state index in [1.165, 1.54) is 32.1 Å². The van der Waals surface area contributed by atoms with Gasteiger partial charge in [0.05, 0.1) is 0 Å². The van der Waals surface area contributed by atoms with E-state index >= 15 is 0 Å². The quantitative estimate of drug-likeness (QED) is 0.506. The minimum atomic E-state index is 0. The van der Waals surface area contributed by atoms with E-state index in [2.05, 4.69) is 48.5 Å². The first-order valence-corrected chi connectivity index (χ1v) is 6.51. The van der Waals surface area contributed by atoms with Gasteiger partial charge < -0.3 is 0 Å². The molecule has 0 heteroatoms. The van der Waals surface area contributed by atoms with Crippen molar-refractivity contribution in [1.82, 2.24) is 0 Å². The first-order chi connectivity index (χ1) is 6.51. The smallest absolute Gasteiger partial charge is 0.0308 e. The van der Waals surface area contributed by atoms with Gasteiger partial charge in [-0.2, -0.15) is 0 Å². The fourth-order valence-electron chi connectivity index (χ4n) is 1.50. The van der Waals surface area contributed by atoms with E-state index in [4.69, 9.17) is 0 Å². The molecule has 0 rings (SSSR count). The fraction of sp³-hybridized carbons (Fsp3) is 1.00. The van der Waals surface area contributed by atoms with Gasteiger partial charge in [-0.1, -0.05) is 88.0 Å². The maximum absolute atomic E-state index is 2.30. The average molecular weight is 216 g/mol. The minimum Gasteiger partial charge on any atom is -0.0776 e. The molecule has 0 radical (unpaired) electrons. The Labute approximate surface area is 99.9 Å². The second-order valence-electron chi connectivity index (χ2n) is 4.72. The van der Waals surface area contributed by atoms with Crippen LogP contribution in [0.25, 0.3) is 0 Å². The van der Waals surface area contributed by atoms with Crippen molar-refractivity contribution in [3.05, 3.63) is 0 Å². The maximum atomic E-state index is 2.30. The molecule has 0 aliphatic heterocycles. The van der Waals surface area contributed by atoms with Crippen LogP contribution in [0.3, 0.4) is 0 Å². The predicted octanol–water partition coefficient (Wildman–Crippen LogP) is 6.30. The van der Waals surface area contributed by atoms with Gasteiger partial charge in [0.15, 0.2) is 0 Å². The lowest BCUT2D eigenvalue weighted by molar-refractivity contribution is 0.240. The number of rotatable bonds is 5. The molecule has 15 heavy (non-hydrogen) atoms. The normalized spacial score (nSPS) is 10.4. The number of hydrogen-bond acceptors (Lipinski definition) is 0. The zero-order chi connectivity index (χ0) is 11.6. The van der Waals surface area contributed by atoms with Crippen molar-refractivity contribution in [2.45, 2.75) is 88.0 Å². The van der Waals surface area contributed by atoms with Gasteiger partial charge in [0.1, 0.15) is 0 Å². The summed E-state index contributed by atoms with van der Waals surface area (Å²) in [5.74, 6) is 0.884. The molecule has 0 atom stereocenters. The SMILES string of the molecule is C.CCC(C)C.CCC(CC)(CC)CC. The van der Waals surface area contributed by atoms with E-state index in [0.29, 0.717) is 5.41 Å². The highest BCUT2D eigenvalue weighted by Gasteiger charge is 2.20. The lowest BCUT2D eigenvalue weighted by Crippen LogP contribution is -2.15. The summed E-state index contributed by atoms with van der Waals surface area (Å²) >= 11 is 0. The molecule has 0 spiro atoms. The van der Waals surface area contributed by atoms with E-state index in [-0.39, 0.29) is 7.43 Å². The fourth-order valence-corrected chi connectivity index (χ4v) is 1.50. The largest absolute Gasteiger partial charge is 0.0776 e. The van der Waals surface area contributed by atoms with Crippen LogP contribution in [-0.4, -0.2) is 0 Å². The first-order valence-electron chi connectivity index (χ1n) is 6.51. The van der Waals surface area contributed by atoms with E-state index in [0.717, 1.165) is 5.92 Å². The summed E-state index contributed by atoms with van der Waals surface area (Å²) in [6.07, 6.45) is 6.68. The van der Waals surface area contributed by atoms with Crippen LogP contribution in [0.15, 0.2) is 0 Å². The van der Waals surface area contributed by atoms with Crippen molar-refractivity contribution in [1.29, 1.82) is 0 Å². The van der Waals surface area contributed by atoms with Gasteiger partial charge in [-0.15, -0.1) is 0 Å². The first kappa shape index (κ1) is 20.4. The van der Waals surface area contributed by atoms with Gasteiger partial charge in [-0.25, -0.2) is 0 Å². The predicted molar refractivity (Wildman–Crippen MR) is 75.5 cm³/mol. The zero-order valence-corrected chi connectivity index (χ0v) is 11.6. The van der Waals surface area contributed by atoms with Crippen molar-refractivity contribution in [2.24, 2.45) is 11.3 Å². The Kier molecular flexibility index (Phi) is 16.4. The van der Waals surface area contributed by atoms with Gasteiger partial charge in [0, 0.05) is 0 Å². The molecule has 0 aromatic heterocycles. The highest BCUT2D eigenvalue weighted by molar-refractivity contribution is 4.72. The second kappa shape index (κ2) is 12.1. The Balaban J connectivity index is -0.000000208. The molecule has 0 heterocycles. The van der Waals surface area contributed by atoms with Crippen molar-refractivity contribution < 1.29 is 0 Å². The highest BCUT2D eigenvalue weighted by Crippen LogP contribution is 2.33. The Bertz CT molecular complexity index is 81.1. The Morgan fingerprint density at radius 3 is 0.933 bits per heavy atom. The lowest BCUT2D eigenvalue weighted by Gasteiger charge is -2.28. The minimum absolute atomic E-state index is 0. The molecule has 0 saturated carbocycles. The van der Waals surface area contributed by atoms with Gasteiger partial charge in [0.2, 0.25) is 0 Å². The Hall–Kier alpha value is 0. The highest BCUT2D eigenvalue weighted by atomic mass is 14.3. The van der Waals surface area contributed by atoms with Crippen LogP contribution < -0.4 is 0 Å². The van der Waals surface area contributed by atoms with Crippen LogP contribution in [-0.2, 0) is 0 Å². The molecule has 0 nitrogen and oxygen atoms in total. The average Bonchev–Trinajstić information content (AvgIpc) is 2.23. The standard InChI is InChI=1S/C9H20.C5H12.CH4/c1-5-9(6-2,7-3)8-4;1-4-5(2)3;/h5-8H2,1-4H3;5H,4H2,1-3H3;1H4. The van der Waals surface area contributed by atoms with Crippen molar-refractivity contribution >= 4 is 0 Å². The second-order valence-corrected chi connectivity index (χ2v) is 4.72. The molecule has 96 valence electrons. The molecule has 0 aromatic carbocycles. The van der Waals surface area contributed by atoms with Gasteiger partial charge in [-0.05, 0) is 11.3 Å². The summed E-state index contributed by atoms with van der Waals surface area (Å²) in [6.45, 7) is 15.9. The third-order valence-corrected chi connectivity index (χ3v) is 3.82. The van der Waals surface area contributed by atoms with E-state index < -0.39 is 0 Å². The molecule has 0 amide bonds. The summed E-state index contributed by atoms with van der Waals surface area (Å²) < 4.78 is 0. The van der Waals surface area contributed by atoms with Crippen molar-refractivity contribution in [3.8, 4) is 0 Å². The molecule has 0 bridgehead atoms. The van der Waals surface area contributed by atoms with Crippen LogP contribution in [0.4, 0.5) is 0 Å². The van der Waals surface area contributed by atoms with E-state index in [1.807, 2.05) is 0 Å². The van der Waals surface area contributed by atoms with Crippen molar-refractivity contribution in [3.63, 3.8) is 0 Å². The molecular weight excluding hydrogens is 180 g/mol. The van der Waals surface area contributed by atoms with Gasteiger partial charge >= 0.3 is 0 Å². The summed E-state index contributed by atoms with van der Waals surface area (Å²) in [5.41, 5.74) is 0.667. The van der Waals surface area contributed by atoms with Crippen molar-refractivity contribution in [2.75, 3.05) is 0 Å². The Morgan fingerprint density at radius 1 is 0.733 bits per heavy atom. The van der Waals surface area contributed by atoms with Crippen LogP contribution in [0, 0.1) is 11.3 Å². The summed E-state index contributed by atoms with van der Waals surface area (Å²) in [4.78, 5) is 0. The molecule has 0 fully saturated rings. The number of hydrogen-bond donors (Lipinski definition) is 0. The monoisotopic (exact) mass is 216 g/mol. The summed E-state index contributed by atoms with van der Waals surface area (Å²) in [6, 6.07) is 0. The van der Waals surface area contributed by atoms with Gasteiger partial charge in [-0.3, -0.25) is 0 Å². The van der Waals surface area contributed by atoms with Crippen LogP contribution in [0.5, 0.6) is 0 Å². The van der Waals surface area contributed by atoms with Crippen LogP contribution in [0.2, 0.25) is 0 Å². The van der Waals surface area contributed by atoms with E-state index in [1.54, 1.807) is 0 Å². The lowest BCUT2D eigenvalue weighted by atomic mass is 9.78. The third kappa shape index (κ3) is 10.3. The van der Waals surface area contributed by atoms with E-state index in [9.17, 15) is 0 Å². The zero-order valence-electron chi connectivity index (χ0n) is 11.6. The topological polar surface area (TPSA) is 0 Å². The molecule has 0 unspecified atom stereocenters. The molecule has 0 aliphatic carbocycles. The Morgan fingerprint density at radius 2 is 0.933 bits per heavy atom. The summed E-state index contributed by atoms with van der Waals surface area (Å²) in [7, 11) is 0. The third-order valence-electron chi connectivity index (χ3n) is 3.82. The molecule has 0 N–H and O–H groups in total. The molecular formula is C15H36.